The Morgan fingerprint density at radius 2 is 1.54 bits per heavy atom. The second-order valence-electron chi connectivity index (χ2n) is 8.67. The van der Waals surface area contributed by atoms with E-state index in [1.807, 2.05) is 0 Å². The lowest BCUT2D eigenvalue weighted by Gasteiger charge is -2.14. The highest BCUT2D eigenvalue weighted by Crippen LogP contribution is 2.39. The number of unbranched alkanes of at least 4 members (excludes halogenated alkanes) is 7. The second-order valence-corrected chi connectivity index (χ2v) is 8.67. The Morgan fingerprint density at radius 3 is 2.32 bits per heavy atom. The van der Waals surface area contributed by atoms with E-state index in [1.54, 1.807) is 0 Å². The van der Waals surface area contributed by atoms with Crippen molar-refractivity contribution in [3.63, 3.8) is 0 Å². The number of hydrogen-bond acceptors (Lipinski definition) is 1. The molecular weight excluding hydrogens is 340 g/mol. The monoisotopic (exact) mass is 378 g/mol. The van der Waals surface area contributed by atoms with Crippen LogP contribution in [0.1, 0.15) is 93.4 Å². The largest absolute Gasteiger partial charge is 0.393 e. The van der Waals surface area contributed by atoms with E-state index in [4.69, 9.17) is 0 Å². The summed E-state index contributed by atoms with van der Waals surface area (Å²) in [6, 6.07) is 13.4. The first kappa shape index (κ1) is 21.1. The Balaban J connectivity index is 1.40. The van der Waals surface area contributed by atoms with Gasteiger partial charge in [-0.3, -0.25) is 0 Å². The van der Waals surface area contributed by atoms with Crippen LogP contribution in [0.25, 0.3) is 11.1 Å². The lowest BCUT2D eigenvalue weighted by Crippen LogP contribution is -2.08. The van der Waals surface area contributed by atoms with Gasteiger partial charge < -0.3 is 5.11 Å². The molecule has 2 aromatic rings. The SMILES string of the molecule is CCCCCCCCCCC(O)CCc1ccc2c(c1C)Cc1ccccc1-2. The topological polar surface area (TPSA) is 20.2 Å². The van der Waals surface area contributed by atoms with Crippen LogP contribution in [0.4, 0.5) is 0 Å². The summed E-state index contributed by atoms with van der Waals surface area (Å²) < 4.78 is 0. The van der Waals surface area contributed by atoms with Gasteiger partial charge in [-0.15, -0.1) is 0 Å². The molecule has 3 rings (SSSR count). The predicted molar refractivity (Wildman–Crippen MR) is 121 cm³/mol. The molecule has 0 aliphatic heterocycles. The standard InChI is InChI=1S/C27H38O/c1-3-4-5-6-7-8-9-10-14-24(28)18-16-22-17-19-26-25-15-12-11-13-23(25)20-27(26)21(22)2/h11-13,15,17,19,24,28H,3-10,14,16,18,20H2,1-2H3. The van der Waals surface area contributed by atoms with Gasteiger partial charge in [-0.2, -0.15) is 0 Å². The molecule has 152 valence electrons. The highest BCUT2D eigenvalue weighted by atomic mass is 16.3. The van der Waals surface area contributed by atoms with Crippen LogP contribution >= 0.6 is 0 Å². The fourth-order valence-electron chi connectivity index (χ4n) is 4.66. The highest BCUT2D eigenvalue weighted by Gasteiger charge is 2.20. The molecular formula is C27H38O. The number of aryl methyl sites for hydroxylation is 1. The number of aliphatic hydroxyl groups is 1. The molecule has 28 heavy (non-hydrogen) atoms. The Bertz CT molecular complexity index is 746. The second kappa shape index (κ2) is 10.8. The van der Waals surface area contributed by atoms with E-state index in [-0.39, 0.29) is 6.10 Å². The van der Waals surface area contributed by atoms with Gasteiger partial charge in [0.1, 0.15) is 0 Å². The Labute approximate surface area is 172 Å². The molecule has 1 aliphatic carbocycles. The maximum absolute atomic E-state index is 10.4. The summed E-state index contributed by atoms with van der Waals surface area (Å²) in [5, 5.41) is 10.4. The first-order chi connectivity index (χ1) is 13.7. The third-order valence-corrected chi connectivity index (χ3v) is 6.52. The van der Waals surface area contributed by atoms with Gasteiger partial charge in [0.05, 0.1) is 6.10 Å². The zero-order valence-corrected chi connectivity index (χ0v) is 18.0. The minimum Gasteiger partial charge on any atom is -0.393 e. The molecule has 0 aromatic heterocycles. The van der Waals surface area contributed by atoms with Crippen LogP contribution in [0.2, 0.25) is 0 Å². The molecule has 2 aromatic carbocycles. The molecule has 1 heteroatoms. The zero-order valence-electron chi connectivity index (χ0n) is 18.0. The average Bonchev–Trinajstić information content (AvgIpc) is 3.09. The van der Waals surface area contributed by atoms with Gasteiger partial charge in [-0.05, 0) is 66.0 Å². The third-order valence-electron chi connectivity index (χ3n) is 6.52. The first-order valence-electron chi connectivity index (χ1n) is 11.6. The van der Waals surface area contributed by atoms with Crippen LogP contribution in [-0.4, -0.2) is 11.2 Å². The highest BCUT2D eigenvalue weighted by molar-refractivity contribution is 5.78. The minimum absolute atomic E-state index is 0.148. The van der Waals surface area contributed by atoms with E-state index in [9.17, 15) is 5.11 Å². The molecule has 1 nitrogen and oxygen atoms in total. The summed E-state index contributed by atoms with van der Waals surface area (Å²) in [7, 11) is 0. The van der Waals surface area contributed by atoms with E-state index in [1.165, 1.54) is 84.7 Å². The van der Waals surface area contributed by atoms with Gasteiger partial charge in [0.2, 0.25) is 0 Å². The summed E-state index contributed by atoms with van der Waals surface area (Å²) in [4.78, 5) is 0. The smallest absolute Gasteiger partial charge is 0.0543 e. The Hall–Kier alpha value is -1.60. The average molecular weight is 379 g/mol. The molecule has 0 amide bonds. The molecule has 0 heterocycles. The van der Waals surface area contributed by atoms with Gasteiger partial charge in [0.15, 0.2) is 0 Å². The molecule has 0 saturated carbocycles. The van der Waals surface area contributed by atoms with Gasteiger partial charge in [-0.1, -0.05) is 94.7 Å². The maximum Gasteiger partial charge on any atom is 0.0543 e. The van der Waals surface area contributed by atoms with Crippen molar-refractivity contribution in [1.82, 2.24) is 0 Å². The molecule has 0 fully saturated rings. The number of benzene rings is 2. The van der Waals surface area contributed by atoms with Crippen molar-refractivity contribution in [3.05, 3.63) is 58.7 Å². The number of rotatable bonds is 12. The number of fused-ring (bicyclic) bond motifs is 3. The molecule has 1 unspecified atom stereocenters. The Morgan fingerprint density at radius 1 is 0.821 bits per heavy atom. The fraction of sp³-hybridized carbons (Fsp3) is 0.556. The van der Waals surface area contributed by atoms with E-state index >= 15 is 0 Å². The van der Waals surface area contributed by atoms with Crippen LogP contribution in [0, 0.1) is 6.92 Å². The lowest BCUT2D eigenvalue weighted by molar-refractivity contribution is 0.151. The summed E-state index contributed by atoms with van der Waals surface area (Å²) >= 11 is 0. The van der Waals surface area contributed by atoms with Crippen molar-refractivity contribution < 1.29 is 5.11 Å². The number of hydrogen-bond donors (Lipinski definition) is 1. The van der Waals surface area contributed by atoms with Crippen molar-refractivity contribution in [2.24, 2.45) is 0 Å². The first-order valence-corrected chi connectivity index (χ1v) is 11.6. The van der Waals surface area contributed by atoms with E-state index < -0.39 is 0 Å². The van der Waals surface area contributed by atoms with Crippen molar-refractivity contribution in [2.75, 3.05) is 0 Å². The molecule has 1 N–H and O–H groups in total. The van der Waals surface area contributed by atoms with Crippen LogP contribution in [0.5, 0.6) is 0 Å². The van der Waals surface area contributed by atoms with Gasteiger partial charge >= 0.3 is 0 Å². The Kier molecular flexibility index (Phi) is 8.15. The number of aliphatic hydroxyl groups excluding tert-OH is 1. The van der Waals surface area contributed by atoms with Crippen molar-refractivity contribution in [1.29, 1.82) is 0 Å². The van der Waals surface area contributed by atoms with Gasteiger partial charge in [0.25, 0.3) is 0 Å². The summed E-state index contributed by atoms with van der Waals surface area (Å²) in [6.07, 6.45) is 14.4. The molecule has 0 bridgehead atoms. The maximum atomic E-state index is 10.4. The summed E-state index contributed by atoms with van der Waals surface area (Å²) in [6.45, 7) is 4.54. The zero-order chi connectivity index (χ0) is 19.8. The van der Waals surface area contributed by atoms with E-state index in [0.717, 1.165) is 25.7 Å². The van der Waals surface area contributed by atoms with Crippen LogP contribution < -0.4 is 0 Å². The fourth-order valence-corrected chi connectivity index (χ4v) is 4.66. The molecule has 1 aliphatic rings. The lowest BCUT2D eigenvalue weighted by atomic mass is 9.93. The summed E-state index contributed by atoms with van der Waals surface area (Å²) in [5.41, 5.74) is 8.62. The van der Waals surface area contributed by atoms with Crippen LogP contribution in [0.3, 0.4) is 0 Å². The van der Waals surface area contributed by atoms with E-state index in [2.05, 4.69) is 50.2 Å². The van der Waals surface area contributed by atoms with Crippen molar-refractivity contribution in [2.45, 2.75) is 97.0 Å². The van der Waals surface area contributed by atoms with Gasteiger partial charge in [-0.25, -0.2) is 0 Å². The van der Waals surface area contributed by atoms with E-state index in [0.29, 0.717) is 0 Å². The third kappa shape index (κ3) is 5.47. The van der Waals surface area contributed by atoms with Crippen molar-refractivity contribution in [3.8, 4) is 11.1 Å². The normalized spacial score (nSPS) is 13.4. The minimum atomic E-state index is -0.148. The molecule has 1 atom stereocenters. The van der Waals surface area contributed by atoms with Crippen molar-refractivity contribution >= 4 is 0 Å². The van der Waals surface area contributed by atoms with Crippen LogP contribution in [0.15, 0.2) is 36.4 Å². The molecule has 0 radical (unpaired) electrons. The molecule has 0 spiro atoms. The predicted octanol–water partition coefficient (Wildman–Crippen LogP) is 7.39. The van der Waals surface area contributed by atoms with Gasteiger partial charge in [0, 0.05) is 0 Å². The summed E-state index contributed by atoms with van der Waals surface area (Å²) in [5.74, 6) is 0. The molecule has 0 saturated heterocycles. The van der Waals surface area contributed by atoms with Crippen LogP contribution in [-0.2, 0) is 12.8 Å². The quantitative estimate of drug-likeness (QED) is 0.326.